The van der Waals surface area contributed by atoms with E-state index < -0.39 is 0 Å². The summed E-state index contributed by atoms with van der Waals surface area (Å²) in [5, 5.41) is 3.21. The molecule has 0 radical (unpaired) electrons. The predicted molar refractivity (Wildman–Crippen MR) is 45.8 cm³/mol. The Balaban J connectivity index is 3.27. The number of allylic oxidation sites excluding steroid dienone is 1. The zero-order chi connectivity index (χ0) is 7.82. The van der Waals surface area contributed by atoms with Crippen LogP contribution in [0.5, 0.6) is 0 Å². The van der Waals surface area contributed by atoms with Gasteiger partial charge in [-0.1, -0.05) is 18.9 Å². The minimum atomic E-state index is 1.02. The standard InChI is InChI=1S/C9H15N/c1-4-9(3)7-6-8-10-5-2/h1,7,10H,5-6,8H2,2-3H3. The molecule has 56 valence electrons. The second-order valence-corrected chi connectivity index (χ2v) is 2.17. The van der Waals surface area contributed by atoms with Crippen molar-refractivity contribution in [1.82, 2.24) is 5.32 Å². The van der Waals surface area contributed by atoms with Gasteiger partial charge in [0.25, 0.3) is 0 Å². The van der Waals surface area contributed by atoms with Crippen LogP contribution in [0, 0.1) is 12.3 Å². The summed E-state index contributed by atoms with van der Waals surface area (Å²) in [5.41, 5.74) is 1.03. The Morgan fingerprint density at radius 1 is 1.70 bits per heavy atom. The summed E-state index contributed by atoms with van der Waals surface area (Å²) < 4.78 is 0. The van der Waals surface area contributed by atoms with Crippen molar-refractivity contribution in [1.29, 1.82) is 0 Å². The van der Waals surface area contributed by atoms with Crippen molar-refractivity contribution in [3.8, 4) is 12.3 Å². The topological polar surface area (TPSA) is 12.0 Å². The summed E-state index contributed by atoms with van der Waals surface area (Å²) in [6, 6.07) is 0. The minimum Gasteiger partial charge on any atom is -0.317 e. The second kappa shape index (κ2) is 6.38. The molecule has 1 heteroatoms. The van der Waals surface area contributed by atoms with Crippen molar-refractivity contribution in [2.75, 3.05) is 13.1 Å². The lowest BCUT2D eigenvalue weighted by Gasteiger charge is -1.95. The van der Waals surface area contributed by atoms with E-state index in [2.05, 4.69) is 24.2 Å². The SMILES string of the molecule is C#CC(C)=CCCNCC. The maximum atomic E-state index is 5.15. The van der Waals surface area contributed by atoms with E-state index in [0.29, 0.717) is 0 Å². The van der Waals surface area contributed by atoms with Gasteiger partial charge in [0.2, 0.25) is 0 Å². The zero-order valence-electron chi connectivity index (χ0n) is 6.78. The van der Waals surface area contributed by atoms with Crippen molar-refractivity contribution in [2.45, 2.75) is 20.3 Å². The first-order valence-corrected chi connectivity index (χ1v) is 3.65. The Morgan fingerprint density at radius 2 is 2.40 bits per heavy atom. The van der Waals surface area contributed by atoms with Crippen LogP contribution < -0.4 is 5.32 Å². The van der Waals surface area contributed by atoms with Crippen molar-refractivity contribution in [2.24, 2.45) is 0 Å². The molecule has 0 aromatic carbocycles. The third-order valence-corrected chi connectivity index (χ3v) is 1.25. The van der Waals surface area contributed by atoms with Gasteiger partial charge in [0.15, 0.2) is 0 Å². The molecule has 0 bridgehead atoms. The first kappa shape index (κ1) is 9.26. The highest BCUT2D eigenvalue weighted by molar-refractivity contribution is 5.22. The van der Waals surface area contributed by atoms with E-state index in [1.165, 1.54) is 0 Å². The number of rotatable bonds is 4. The lowest BCUT2D eigenvalue weighted by atomic mass is 10.2. The molecule has 0 aromatic rings. The average Bonchev–Trinajstić information content (AvgIpc) is 1.98. The van der Waals surface area contributed by atoms with E-state index in [9.17, 15) is 0 Å². The van der Waals surface area contributed by atoms with Crippen LogP contribution in [0.4, 0.5) is 0 Å². The molecule has 0 aliphatic rings. The summed E-state index contributed by atoms with van der Waals surface area (Å²) in [7, 11) is 0. The first-order chi connectivity index (χ1) is 4.81. The Kier molecular flexibility index (Phi) is 5.91. The molecule has 0 fully saturated rings. The average molecular weight is 137 g/mol. The molecule has 0 aliphatic heterocycles. The lowest BCUT2D eigenvalue weighted by molar-refractivity contribution is 0.725. The fraction of sp³-hybridized carbons (Fsp3) is 0.556. The first-order valence-electron chi connectivity index (χ1n) is 3.65. The van der Waals surface area contributed by atoms with Crippen LogP contribution in [-0.2, 0) is 0 Å². The van der Waals surface area contributed by atoms with Crippen molar-refractivity contribution < 1.29 is 0 Å². The van der Waals surface area contributed by atoms with Gasteiger partial charge in [0.05, 0.1) is 0 Å². The highest BCUT2D eigenvalue weighted by Gasteiger charge is 1.81. The Hall–Kier alpha value is -0.740. The minimum absolute atomic E-state index is 1.02. The molecular weight excluding hydrogens is 122 g/mol. The fourth-order valence-corrected chi connectivity index (χ4v) is 0.626. The quantitative estimate of drug-likeness (QED) is 0.458. The third-order valence-electron chi connectivity index (χ3n) is 1.25. The van der Waals surface area contributed by atoms with Gasteiger partial charge >= 0.3 is 0 Å². The van der Waals surface area contributed by atoms with Crippen molar-refractivity contribution in [3.05, 3.63) is 11.6 Å². The Labute approximate surface area is 63.5 Å². The fourth-order valence-electron chi connectivity index (χ4n) is 0.626. The van der Waals surface area contributed by atoms with Gasteiger partial charge in [0.1, 0.15) is 0 Å². The van der Waals surface area contributed by atoms with E-state index >= 15 is 0 Å². The Bertz CT molecular complexity index is 139. The summed E-state index contributed by atoms with van der Waals surface area (Å²) in [5.74, 6) is 2.58. The van der Waals surface area contributed by atoms with Gasteiger partial charge in [-0.3, -0.25) is 0 Å². The van der Waals surface area contributed by atoms with Crippen LogP contribution in [-0.4, -0.2) is 13.1 Å². The van der Waals surface area contributed by atoms with Crippen molar-refractivity contribution >= 4 is 0 Å². The van der Waals surface area contributed by atoms with Crippen LogP contribution in [0.2, 0.25) is 0 Å². The monoisotopic (exact) mass is 137 g/mol. The number of hydrogen-bond acceptors (Lipinski definition) is 1. The molecule has 0 amide bonds. The molecule has 0 atom stereocenters. The highest BCUT2D eigenvalue weighted by Crippen LogP contribution is 1.90. The molecule has 0 saturated heterocycles. The maximum absolute atomic E-state index is 5.15. The van der Waals surface area contributed by atoms with E-state index in [1.54, 1.807) is 0 Å². The smallest absolute Gasteiger partial charge is 0.00140 e. The van der Waals surface area contributed by atoms with Gasteiger partial charge < -0.3 is 5.32 Å². The molecule has 10 heavy (non-hydrogen) atoms. The van der Waals surface area contributed by atoms with E-state index in [0.717, 1.165) is 25.1 Å². The molecule has 0 spiro atoms. The summed E-state index contributed by atoms with van der Waals surface area (Å²) in [6.07, 6.45) is 8.25. The number of hydrogen-bond donors (Lipinski definition) is 1. The summed E-state index contributed by atoms with van der Waals surface area (Å²) >= 11 is 0. The van der Waals surface area contributed by atoms with Gasteiger partial charge in [-0.15, -0.1) is 6.42 Å². The normalized spacial score (nSPS) is 11.1. The van der Waals surface area contributed by atoms with Crippen LogP contribution in [0.1, 0.15) is 20.3 Å². The van der Waals surface area contributed by atoms with E-state index in [4.69, 9.17) is 6.42 Å². The molecule has 0 unspecified atom stereocenters. The third kappa shape index (κ3) is 5.40. The lowest BCUT2D eigenvalue weighted by Crippen LogP contribution is -2.12. The van der Waals surface area contributed by atoms with E-state index in [-0.39, 0.29) is 0 Å². The van der Waals surface area contributed by atoms with Crippen LogP contribution >= 0.6 is 0 Å². The second-order valence-electron chi connectivity index (χ2n) is 2.17. The van der Waals surface area contributed by atoms with Crippen LogP contribution in [0.25, 0.3) is 0 Å². The maximum Gasteiger partial charge on any atom is -0.00140 e. The number of nitrogens with one attached hydrogen (secondary N) is 1. The molecule has 0 aliphatic carbocycles. The van der Waals surface area contributed by atoms with Gasteiger partial charge in [-0.2, -0.15) is 0 Å². The van der Waals surface area contributed by atoms with Gasteiger partial charge in [0, 0.05) is 0 Å². The zero-order valence-corrected chi connectivity index (χ0v) is 6.78. The number of terminal acetylenes is 1. The van der Waals surface area contributed by atoms with Crippen LogP contribution in [0.3, 0.4) is 0 Å². The molecule has 1 N–H and O–H groups in total. The molecule has 0 rings (SSSR count). The molecule has 1 nitrogen and oxygen atoms in total. The summed E-state index contributed by atoms with van der Waals surface area (Å²) in [4.78, 5) is 0. The van der Waals surface area contributed by atoms with Gasteiger partial charge in [-0.25, -0.2) is 0 Å². The Morgan fingerprint density at radius 3 is 2.90 bits per heavy atom. The summed E-state index contributed by atoms with van der Waals surface area (Å²) in [6.45, 7) is 6.10. The molecule has 0 aromatic heterocycles. The molecular formula is C9H15N. The predicted octanol–water partition coefficient (Wildman–Crippen LogP) is 1.57. The van der Waals surface area contributed by atoms with Crippen molar-refractivity contribution in [3.63, 3.8) is 0 Å². The largest absolute Gasteiger partial charge is 0.317 e. The van der Waals surface area contributed by atoms with Gasteiger partial charge in [-0.05, 0) is 32.0 Å². The molecule has 0 saturated carbocycles. The van der Waals surface area contributed by atoms with Crippen LogP contribution in [0.15, 0.2) is 11.6 Å². The molecule has 0 heterocycles. The van der Waals surface area contributed by atoms with E-state index in [1.807, 2.05) is 6.92 Å². The highest BCUT2D eigenvalue weighted by atomic mass is 14.8.